The summed E-state index contributed by atoms with van der Waals surface area (Å²) >= 11 is 0. The van der Waals surface area contributed by atoms with Gasteiger partial charge in [0, 0.05) is 23.9 Å². The van der Waals surface area contributed by atoms with Crippen LogP contribution in [0.2, 0.25) is 0 Å². The molecule has 1 atom stereocenters. The zero-order valence-corrected chi connectivity index (χ0v) is 14.8. The Morgan fingerprint density at radius 3 is 2.92 bits per heavy atom. The summed E-state index contributed by atoms with van der Waals surface area (Å²) in [5, 5.41) is 3.29. The van der Waals surface area contributed by atoms with Gasteiger partial charge in [-0.3, -0.25) is 4.79 Å². The number of H-pyrrole nitrogens is 1. The number of aromatic amines is 1. The molecule has 1 aromatic carbocycles. The number of aromatic nitrogens is 1. The third-order valence-corrected chi connectivity index (χ3v) is 6.03. The molecule has 0 radical (unpaired) electrons. The summed E-state index contributed by atoms with van der Waals surface area (Å²) in [5.74, 6) is 1.60. The van der Waals surface area contributed by atoms with Gasteiger partial charge in [0.1, 0.15) is 0 Å². The van der Waals surface area contributed by atoms with E-state index < -0.39 is 5.41 Å². The Balaban J connectivity index is 1.44. The second-order valence-corrected chi connectivity index (χ2v) is 7.45. The number of nitrogens with one attached hydrogen (secondary N) is 2. The number of hydrogen-bond donors (Lipinski definition) is 2. The number of allylic oxidation sites excluding steroid dienone is 1. The third kappa shape index (κ3) is 2.19. The molecule has 1 aromatic heterocycles. The Bertz CT molecular complexity index is 908. The molecule has 0 bridgehead atoms. The summed E-state index contributed by atoms with van der Waals surface area (Å²) in [5.41, 5.74) is 4.16. The largest absolute Gasteiger partial charge is 0.454 e. The van der Waals surface area contributed by atoms with Crippen LogP contribution in [-0.2, 0) is 16.6 Å². The highest BCUT2D eigenvalue weighted by atomic mass is 16.7. The van der Waals surface area contributed by atoms with Crippen molar-refractivity contribution in [1.29, 1.82) is 0 Å². The molecule has 1 unspecified atom stereocenters. The smallest absolute Gasteiger partial charge is 0.231 e. The summed E-state index contributed by atoms with van der Waals surface area (Å²) in [6.07, 6.45) is 9.94. The lowest BCUT2D eigenvalue weighted by Gasteiger charge is -2.41. The Morgan fingerprint density at radius 2 is 2.12 bits per heavy atom. The maximum Gasteiger partial charge on any atom is 0.231 e. The third-order valence-electron chi connectivity index (χ3n) is 6.03. The molecule has 5 heteroatoms. The van der Waals surface area contributed by atoms with Gasteiger partial charge in [0.15, 0.2) is 11.5 Å². The summed E-state index contributed by atoms with van der Waals surface area (Å²) < 4.78 is 10.9. The van der Waals surface area contributed by atoms with Gasteiger partial charge in [-0.25, -0.2) is 0 Å². The van der Waals surface area contributed by atoms with Crippen LogP contribution >= 0.6 is 0 Å². The monoisotopic (exact) mass is 350 g/mol. The van der Waals surface area contributed by atoms with Gasteiger partial charge in [-0.1, -0.05) is 24.6 Å². The molecule has 5 nitrogen and oxygen atoms in total. The molecule has 2 aliphatic carbocycles. The fourth-order valence-corrected chi connectivity index (χ4v) is 4.38. The van der Waals surface area contributed by atoms with E-state index in [9.17, 15) is 4.79 Å². The van der Waals surface area contributed by atoms with E-state index in [1.807, 2.05) is 24.4 Å². The average molecular weight is 350 g/mol. The van der Waals surface area contributed by atoms with Crippen molar-refractivity contribution in [3.05, 3.63) is 58.9 Å². The van der Waals surface area contributed by atoms with E-state index in [1.54, 1.807) is 0 Å². The molecule has 1 fully saturated rings. The van der Waals surface area contributed by atoms with Crippen molar-refractivity contribution in [2.45, 2.75) is 44.1 Å². The zero-order valence-electron chi connectivity index (χ0n) is 14.8. The molecule has 2 heterocycles. The highest BCUT2D eigenvalue weighted by Gasteiger charge is 2.46. The summed E-state index contributed by atoms with van der Waals surface area (Å²) in [6, 6.07) is 5.84. The van der Waals surface area contributed by atoms with Crippen molar-refractivity contribution in [2.75, 3.05) is 6.79 Å². The van der Waals surface area contributed by atoms with E-state index in [1.165, 1.54) is 16.8 Å². The van der Waals surface area contributed by atoms with Crippen molar-refractivity contribution < 1.29 is 14.3 Å². The topological polar surface area (TPSA) is 63.4 Å². The Hall–Kier alpha value is -2.69. The molecular formula is C21H22N2O3. The van der Waals surface area contributed by atoms with Crippen molar-refractivity contribution in [2.24, 2.45) is 0 Å². The number of rotatable bonds is 3. The minimum absolute atomic E-state index is 0.0658. The minimum Gasteiger partial charge on any atom is -0.454 e. The molecule has 3 aliphatic rings. The SMILES string of the molecule is Cc1c[nH]c2c1C(NC(=O)C1(c3ccc4c(c3)OCO4)CCC1)C=CC2. The lowest BCUT2D eigenvalue weighted by atomic mass is 9.63. The lowest BCUT2D eigenvalue weighted by Crippen LogP contribution is -2.50. The fourth-order valence-electron chi connectivity index (χ4n) is 4.38. The van der Waals surface area contributed by atoms with Crippen LogP contribution < -0.4 is 14.8 Å². The minimum atomic E-state index is -0.462. The van der Waals surface area contributed by atoms with E-state index in [0.29, 0.717) is 0 Å². The fraction of sp³-hybridized carbons (Fsp3) is 0.381. The second kappa shape index (κ2) is 5.66. The van der Waals surface area contributed by atoms with Gasteiger partial charge in [-0.15, -0.1) is 0 Å². The molecule has 0 spiro atoms. The van der Waals surface area contributed by atoms with Gasteiger partial charge in [-0.2, -0.15) is 0 Å². The predicted octanol–water partition coefficient (Wildman–Crippen LogP) is 3.44. The van der Waals surface area contributed by atoms with E-state index >= 15 is 0 Å². The second-order valence-electron chi connectivity index (χ2n) is 7.45. The number of fused-ring (bicyclic) bond motifs is 2. The van der Waals surface area contributed by atoms with E-state index in [0.717, 1.165) is 42.7 Å². The van der Waals surface area contributed by atoms with Crippen molar-refractivity contribution in [3.8, 4) is 11.5 Å². The molecule has 134 valence electrons. The molecule has 2 N–H and O–H groups in total. The van der Waals surface area contributed by atoms with E-state index in [2.05, 4.69) is 29.4 Å². The summed E-state index contributed by atoms with van der Waals surface area (Å²) in [6.45, 7) is 2.34. The first-order chi connectivity index (χ1) is 12.7. The summed E-state index contributed by atoms with van der Waals surface area (Å²) in [4.78, 5) is 16.7. The van der Waals surface area contributed by atoms with Gasteiger partial charge in [0.25, 0.3) is 0 Å². The van der Waals surface area contributed by atoms with Crippen LogP contribution in [0.5, 0.6) is 11.5 Å². The Kier molecular flexibility index (Phi) is 3.39. The highest BCUT2D eigenvalue weighted by Crippen LogP contribution is 2.47. The first-order valence-electron chi connectivity index (χ1n) is 9.22. The molecule has 5 rings (SSSR count). The van der Waals surface area contributed by atoms with E-state index in [4.69, 9.17) is 9.47 Å². The molecule has 1 amide bonds. The number of hydrogen-bond acceptors (Lipinski definition) is 3. The maximum atomic E-state index is 13.3. The number of amides is 1. The molecule has 2 aromatic rings. The van der Waals surface area contributed by atoms with Crippen LogP contribution in [0.25, 0.3) is 0 Å². The van der Waals surface area contributed by atoms with Crippen molar-refractivity contribution in [3.63, 3.8) is 0 Å². The number of carbonyl (C=O) groups is 1. The Morgan fingerprint density at radius 1 is 1.27 bits per heavy atom. The van der Waals surface area contributed by atoms with Crippen LogP contribution in [0.1, 0.15) is 47.7 Å². The van der Waals surface area contributed by atoms with Crippen molar-refractivity contribution >= 4 is 5.91 Å². The maximum absolute atomic E-state index is 13.3. The molecule has 0 saturated heterocycles. The molecule has 1 saturated carbocycles. The van der Waals surface area contributed by atoms with Crippen LogP contribution in [0.4, 0.5) is 0 Å². The van der Waals surface area contributed by atoms with Crippen LogP contribution in [-0.4, -0.2) is 17.7 Å². The highest BCUT2D eigenvalue weighted by molar-refractivity contribution is 5.90. The van der Waals surface area contributed by atoms with Gasteiger partial charge < -0.3 is 19.8 Å². The normalized spacial score (nSPS) is 21.8. The number of ether oxygens (including phenoxy) is 2. The quantitative estimate of drug-likeness (QED) is 0.834. The van der Waals surface area contributed by atoms with Gasteiger partial charge in [0.05, 0.1) is 11.5 Å². The summed E-state index contributed by atoms with van der Waals surface area (Å²) in [7, 11) is 0. The standard InChI is InChI=1S/C21H22N2O3/c1-13-11-22-15-4-2-5-16(19(13)15)23-20(24)21(8-3-9-21)14-6-7-17-18(10-14)26-12-25-17/h2,5-7,10-11,16,22H,3-4,8-9,12H2,1H3,(H,23,24). The zero-order chi connectivity index (χ0) is 17.7. The lowest BCUT2D eigenvalue weighted by molar-refractivity contribution is -0.130. The molecular weight excluding hydrogens is 328 g/mol. The Labute approximate surface area is 152 Å². The first kappa shape index (κ1) is 15.6. The van der Waals surface area contributed by atoms with Gasteiger partial charge in [0.2, 0.25) is 12.7 Å². The predicted molar refractivity (Wildman–Crippen MR) is 97.4 cm³/mol. The van der Waals surface area contributed by atoms with Crippen LogP contribution in [0.15, 0.2) is 36.5 Å². The number of carbonyl (C=O) groups excluding carboxylic acids is 1. The number of benzene rings is 1. The average Bonchev–Trinajstić information content (AvgIpc) is 3.21. The van der Waals surface area contributed by atoms with Crippen LogP contribution in [0.3, 0.4) is 0 Å². The molecule has 1 aliphatic heterocycles. The molecule has 26 heavy (non-hydrogen) atoms. The van der Waals surface area contributed by atoms with Crippen molar-refractivity contribution in [1.82, 2.24) is 10.3 Å². The van der Waals surface area contributed by atoms with Gasteiger partial charge in [-0.05, 0) is 43.0 Å². The van der Waals surface area contributed by atoms with Crippen LogP contribution in [0, 0.1) is 6.92 Å². The number of aryl methyl sites for hydroxylation is 1. The van der Waals surface area contributed by atoms with Gasteiger partial charge >= 0.3 is 0 Å². The first-order valence-corrected chi connectivity index (χ1v) is 9.22. The van der Waals surface area contributed by atoms with E-state index in [-0.39, 0.29) is 18.7 Å².